The van der Waals surface area contributed by atoms with Gasteiger partial charge in [-0.2, -0.15) is 0 Å². The molecule has 1 aromatic heterocycles. The standard InChI is InChI=1S/C19H19NO4/c1-4-20(5-2)19(22)12-9-10-13-16(11-12)24-18-14(17(13)21)7-6-8-15(18)23-3/h6-11H,4-5H2,1-3H3. The van der Waals surface area contributed by atoms with Crippen molar-refractivity contribution in [2.75, 3.05) is 20.2 Å². The maximum absolute atomic E-state index is 12.7. The summed E-state index contributed by atoms with van der Waals surface area (Å²) in [5.41, 5.74) is 1.15. The van der Waals surface area contributed by atoms with Crippen molar-refractivity contribution in [2.24, 2.45) is 0 Å². The maximum atomic E-state index is 12.7. The maximum Gasteiger partial charge on any atom is 0.253 e. The normalized spacial score (nSPS) is 11.0. The topological polar surface area (TPSA) is 59.8 Å². The van der Waals surface area contributed by atoms with Gasteiger partial charge >= 0.3 is 0 Å². The number of ether oxygens (including phenoxy) is 1. The molecule has 0 radical (unpaired) electrons. The molecule has 0 aliphatic carbocycles. The van der Waals surface area contributed by atoms with Gasteiger partial charge in [0.05, 0.1) is 17.9 Å². The minimum atomic E-state index is -0.132. The minimum absolute atomic E-state index is 0.0790. The van der Waals surface area contributed by atoms with E-state index in [4.69, 9.17) is 9.15 Å². The van der Waals surface area contributed by atoms with Gasteiger partial charge in [0, 0.05) is 18.7 Å². The van der Waals surface area contributed by atoms with Crippen molar-refractivity contribution in [3.63, 3.8) is 0 Å². The van der Waals surface area contributed by atoms with Crippen LogP contribution in [0.2, 0.25) is 0 Å². The number of para-hydroxylation sites is 1. The number of carbonyl (C=O) groups excluding carboxylic acids is 1. The van der Waals surface area contributed by atoms with Gasteiger partial charge in [-0.25, -0.2) is 0 Å². The van der Waals surface area contributed by atoms with E-state index in [1.165, 1.54) is 7.11 Å². The Kier molecular flexibility index (Phi) is 4.25. The Morgan fingerprint density at radius 2 is 1.88 bits per heavy atom. The second-order valence-corrected chi connectivity index (χ2v) is 5.46. The fourth-order valence-electron chi connectivity index (χ4n) is 2.84. The van der Waals surface area contributed by atoms with E-state index in [1.54, 1.807) is 41.3 Å². The van der Waals surface area contributed by atoms with Crippen LogP contribution in [-0.4, -0.2) is 31.0 Å². The second kappa shape index (κ2) is 6.35. The van der Waals surface area contributed by atoms with Crippen molar-refractivity contribution in [1.82, 2.24) is 4.90 Å². The first-order valence-corrected chi connectivity index (χ1v) is 7.93. The van der Waals surface area contributed by atoms with Crippen molar-refractivity contribution in [1.29, 1.82) is 0 Å². The van der Waals surface area contributed by atoms with Gasteiger partial charge < -0.3 is 14.1 Å². The number of methoxy groups -OCH3 is 1. The quantitative estimate of drug-likeness (QED) is 0.690. The molecule has 3 aromatic rings. The van der Waals surface area contributed by atoms with Gasteiger partial charge in [-0.15, -0.1) is 0 Å². The van der Waals surface area contributed by atoms with Crippen molar-refractivity contribution >= 4 is 27.8 Å². The summed E-state index contributed by atoms with van der Waals surface area (Å²) in [5, 5.41) is 0.913. The van der Waals surface area contributed by atoms with E-state index in [-0.39, 0.29) is 11.3 Å². The average molecular weight is 325 g/mol. The Morgan fingerprint density at radius 3 is 2.54 bits per heavy atom. The van der Waals surface area contributed by atoms with E-state index in [2.05, 4.69) is 0 Å². The van der Waals surface area contributed by atoms with Crippen LogP contribution in [0.4, 0.5) is 0 Å². The molecule has 0 aliphatic heterocycles. The molecule has 0 unspecified atom stereocenters. The van der Waals surface area contributed by atoms with E-state index in [9.17, 15) is 9.59 Å². The number of fused-ring (bicyclic) bond motifs is 2. The number of nitrogens with zero attached hydrogens (tertiary/aromatic N) is 1. The summed E-state index contributed by atoms with van der Waals surface area (Å²) in [6, 6.07) is 10.1. The molecular formula is C19H19NO4. The Morgan fingerprint density at radius 1 is 1.12 bits per heavy atom. The van der Waals surface area contributed by atoms with Crippen molar-refractivity contribution in [3.05, 3.63) is 52.2 Å². The highest BCUT2D eigenvalue weighted by Gasteiger charge is 2.16. The average Bonchev–Trinajstić information content (AvgIpc) is 2.62. The predicted octanol–water partition coefficient (Wildman–Crippen LogP) is 3.44. The minimum Gasteiger partial charge on any atom is -0.493 e. The highest BCUT2D eigenvalue weighted by Crippen LogP contribution is 2.27. The SMILES string of the molecule is CCN(CC)C(=O)c1ccc2c(=O)c3cccc(OC)c3oc2c1. The molecule has 124 valence electrons. The fourth-order valence-corrected chi connectivity index (χ4v) is 2.84. The third-order valence-electron chi connectivity index (χ3n) is 4.18. The molecule has 3 rings (SSSR count). The largest absolute Gasteiger partial charge is 0.493 e. The van der Waals surface area contributed by atoms with Gasteiger partial charge in [0.15, 0.2) is 11.3 Å². The third-order valence-corrected chi connectivity index (χ3v) is 4.18. The summed E-state index contributed by atoms with van der Waals surface area (Å²) in [6.07, 6.45) is 0. The summed E-state index contributed by atoms with van der Waals surface area (Å²) in [6.45, 7) is 5.12. The molecule has 0 bridgehead atoms. The van der Waals surface area contributed by atoms with Gasteiger partial charge in [-0.1, -0.05) is 6.07 Å². The van der Waals surface area contributed by atoms with E-state index >= 15 is 0 Å². The molecule has 0 spiro atoms. The van der Waals surface area contributed by atoms with Gasteiger partial charge in [0.2, 0.25) is 5.43 Å². The molecule has 2 aromatic carbocycles. The van der Waals surface area contributed by atoms with Crippen molar-refractivity contribution < 1.29 is 13.9 Å². The molecule has 0 aliphatic rings. The van der Waals surface area contributed by atoms with Crippen LogP contribution in [0.1, 0.15) is 24.2 Å². The van der Waals surface area contributed by atoms with Gasteiger partial charge in [-0.3, -0.25) is 9.59 Å². The third kappa shape index (κ3) is 2.52. The Balaban J connectivity index is 2.25. The summed E-state index contributed by atoms with van der Waals surface area (Å²) in [7, 11) is 1.53. The number of carbonyl (C=O) groups is 1. The lowest BCUT2D eigenvalue weighted by Crippen LogP contribution is -2.30. The van der Waals surface area contributed by atoms with Crippen LogP contribution in [0.25, 0.3) is 21.9 Å². The van der Waals surface area contributed by atoms with Crippen LogP contribution < -0.4 is 10.2 Å². The van der Waals surface area contributed by atoms with E-state index in [1.807, 2.05) is 13.8 Å². The van der Waals surface area contributed by atoms with Crippen LogP contribution in [0.15, 0.2) is 45.6 Å². The zero-order valence-electron chi connectivity index (χ0n) is 14.0. The van der Waals surface area contributed by atoms with E-state index < -0.39 is 0 Å². The van der Waals surface area contributed by atoms with Crippen molar-refractivity contribution in [3.8, 4) is 5.75 Å². The lowest BCUT2D eigenvalue weighted by molar-refractivity contribution is 0.0773. The zero-order chi connectivity index (χ0) is 17.3. The predicted molar refractivity (Wildman–Crippen MR) is 93.8 cm³/mol. The van der Waals surface area contributed by atoms with E-state index in [0.29, 0.717) is 46.3 Å². The molecule has 5 heteroatoms. The molecule has 1 heterocycles. The second-order valence-electron chi connectivity index (χ2n) is 5.46. The summed E-state index contributed by atoms with van der Waals surface area (Å²) in [5.74, 6) is 0.414. The smallest absolute Gasteiger partial charge is 0.253 e. The Bertz CT molecular complexity index is 970. The molecule has 0 fully saturated rings. The first-order valence-electron chi connectivity index (χ1n) is 7.93. The molecule has 0 N–H and O–H groups in total. The van der Waals surface area contributed by atoms with Crippen LogP contribution >= 0.6 is 0 Å². The number of amides is 1. The first-order chi connectivity index (χ1) is 11.6. The molecule has 0 saturated carbocycles. The fraction of sp³-hybridized carbons (Fsp3) is 0.263. The van der Waals surface area contributed by atoms with Crippen LogP contribution in [0.5, 0.6) is 5.75 Å². The monoisotopic (exact) mass is 325 g/mol. The molecular weight excluding hydrogens is 306 g/mol. The van der Waals surface area contributed by atoms with Crippen molar-refractivity contribution in [2.45, 2.75) is 13.8 Å². The van der Waals surface area contributed by atoms with Gasteiger partial charge in [0.25, 0.3) is 5.91 Å². The number of benzene rings is 2. The highest BCUT2D eigenvalue weighted by atomic mass is 16.5. The van der Waals surface area contributed by atoms with Gasteiger partial charge in [-0.05, 0) is 44.2 Å². The molecule has 5 nitrogen and oxygen atoms in total. The molecule has 24 heavy (non-hydrogen) atoms. The number of hydrogen-bond acceptors (Lipinski definition) is 4. The lowest BCUT2D eigenvalue weighted by atomic mass is 10.1. The molecule has 1 amide bonds. The number of hydrogen-bond donors (Lipinski definition) is 0. The van der Waals surface area contributed by atoms with Gasteiger partial charge in [0.1, 0.15) is 5.58 Å². The molecule has 0 saturated heterocycles. The first kappa shape index (κ1) is 16.1. The highest BCUT2D eigenvalue weighted by molar-refractivity contribution is 5.99. The Labute approximate surface area is 139 Å². The van der Waals surface area contributed by atoms with E-state index in [0.717, 1.165) is 0 Å². The number of rotatable bonds is 4. The Hall–Kier alpha value is -2.82. The van der Waals surface area contributed by atoms with Crippen LogP contribution in [0.3, 0.4) is 0 Å². The molecule has 0 atom stereocenters. The summed E-state index contributed by atoms with van der Waals surface area (Å²) >= 11 is 0. The summed E-state index contributed by atoms with van der Waals surface area (Å²) in [4.78, 5) is 26.9. The van der Waals surface area contributed by atoms with Crippen LogP contribution in [-0.2, 0) is 0 Å². The zero-order valence-corrected chi connectivity index (χ0v) is 14.0. The summed E-state index contributed by atoms with van der Waals surface area (Å²) < 4.78 is 11.2. The van der Waals surface area contributed by atoms with Crippen LogP contribution in [0, 0.1) is 0 Å². The lowest BCUT2D eigenvalue weighted by Gasteiger charge is -2.18.